The van der Waals surface area contributed by atoms with Crippen molar-refractivity contribution in [3.63, 3.8) is 0 Å². The fraction of sp³-hybridized carbons (Fsp3) is 0.214. The summed E-state index contributed by atoms with van der Waals surface area (Å²) in [6.45, 7) is 2.99. The van der Waals surface area contributed by atoms with Crippen LogP contribution in [0.2, 0.25) is 0 Å². The van der Waals surface area contributed by atoms with Gasteiger partial charge in [0, 0.05) is 23.1 Å². The molecule has 0 spiro atoms. The first-order valence-corrected chi connectivity index (χ1v) is 6.58. The Hall–Kier alpha value is -2.34. The summed E-state index contributed by atoms with van der Waals surface area (Å²) in [4.78, 5) is 39.4. The number of aromatic amines is 2. The Labute approximate surface area is 123 Å². The van der Waals surface area contributed by atoms with Crippen LogP contribution in [-0.4, -0.2) is 21.5 Å². The maximum Gasteiger partial charge on any atom is 0.314 e. The highest BCUT2D eigenvalue weighted by Gasteiger charge is 2.38. The average molecular weight is 307 g/mol. The standard InChI is InChI=1S/C14H11ClN2O4/c1-6(18)21-14(2)4-3-8(15)7-5-9-11(10(7)14)17-13(20)12(19)16-9/h3-5H,1-2H3,(H,16,19)(H,17,20). The lowest BCUT2D eigenvalue weighted by molar-refractivity contribution is -0.147. The van der Waals surface area contributed by atoms with Crippen molar-refractivity contribution >= 4 is 29.2 Å². The fourth-order valence-electron chi connectivity index (χ4n) is 2.63. The van der Waals surface area contributed by atoms with Gasteiger partial charge in [0.15, 0.2) is 5.60 Å². The minimum Gasteiger partial charge on any atom is -0.450 e. The first kappa shape index (κ1) is 13.6. The van der Waals surface area contributed by atoms with E-state index in [2.05, 4.69) is 9.97 Å². The lowest BCUT2D eigenvalue weighted by atomic mass is 9.86. The Balaban J connectivity index is 2.43. The van der Waals surface area contributed by atoms with Crippen LogP contribution in [0.4, 0.5) is 0 Å². The number of ether oxygens (including phenoxy) is 1. The van der Waals surface area contributed by atoms with Crippen LogP contribution in [-0.2, 0) is 9.53 Å². The topological polar surface area (TPSA) is 92.0 Å². The van der Waals surface area contributed by atoms with Gasteiger partial charge in [-0.25, -0.2) is 0 Å². The highest BCUT2D eigenvalue weighted by molar-refractivity contribution is 6.33. The number of fused-ring (bicyclic) bond motifs is 2. The highest BCUT2D eigenvalue weighted by Crippen LogP contribution is 2.38. The largest absolute Gasteiger partial charge is 0.450 e. The molecule has 0 bridgehead atoms. The van der Waals surface area contributed by atoms with Gasteiger partial charge in [-0.1, -0.05) is 11.6 Å². The molecule has 0 fully saturated rings. The van der Waals surface area contributed by atoms with Crippen LogP contribution < -0.4 is 21.8 Å². The Morgan fingerprint density at radius 1 is 1.29 bits per heavy atom. The number of H-pyrrole nitrogens is 2. The second kappa shape index (κ2) is 4.33. The van der Waals surface area contributed by atoms with Gasteiger partial charge in [0.25, 0.3) is 0 Å². The molecule has 0 aliphatic heterocycles. The molecular formula is C14H11ClN2O4. The Morgan fingerprint density at radius 3 is 2.62 bits per heavy atom. The predicted molar refractivity (Wildman–Crippen MR) is 77.0 cm³/mol. The van der Waals surface area contributed by atoms with E-state index in [-0.39, 0.29) is 0 Å². The van der Waals surface area contributed by atoms with Gasteiger partial charge >= 0.3 is 17.1 Å². The predicted octanol–water partition coefficient (Wildman–Crippen LogP) is -0.607. The smallest absolute Gasteiger partial charge is 0.314 e. The number of halogens is 1. The maximum atomic E-state index is 11.6. The molecule has 1 unspecified atom stereocenters. The quantitative estimate of drug-likeness (QED) is 0.535. The number of allylic oxidation sites excluding steroid dienone is 2. The zero-order valence-corrected chi connectivity index (χ0v) is 12.0. The molecule has 1 atom stereocenters. The molecule has 0 saturated heterocycles. The van der Waals surface area contributed by atoms with Gasteiger partial charge in [-0.15, -0.1) is 0 Å². The Kier molecular flexibility index (Phi) is 2.81. The molecule has 0 radical (unpaired) electrons. The number of nitrogens with one attached hydrogen (secondary N) is 2. The summed E-state index contributed by atoms with van der Waals surface area (Å²) in [6, 6.07) is 0. The molecule has 2 aliphatic carbocycles. The van der Waals surface area contributed by atoms with Crippen LogP contribution >= 0.6 is 11.6 Å². The molecule has 108 valence electrons. The minimum absolute atomic E-state index is 0.404. The molecule has 2 aliphatic rings. The van der Waals surface area contributed by atoms with Gasteiger partial charge in [0.2, 0.25) is 0 Å². The van der Waals surface area contributed by atoms with Crippen molar-refractivity contribution in [3.05, 3.63) is 54.2 Å². The number of carbonyl (C=O) groups excluding carboxylic acids is 1. The molecule has 2 N–H and O–H groups in total. The molecule has 0 aromatic carbocycles. The normalized spacial score (nSPS) is 22.7. The van der Waals surface area contributed by atoms with Crippen molar-refractivity contribution < 1.29 is 9.53 Å². The summed E-state index contributed by atoms with van der Waals surface area (Å²) in [6.07, 6.45) is 4.92. The summed E-state index contributed by atoms with van der Waals surface area (Å²) in [5.41, 5.74) is -1.43. The zero-order chi connectivity index (χ0) is 15.4. The maximum absolute atomic E-state index is 11.6. The third-order valence-electron chi connectivity index (χ3n) is 3.43. The third kappa shape index (κ3) is 1.99. The van der Waals surface area contributed by atoms with Gasteiger partial charge in [-0.2, -0.15) is 0 Å². The molecule has 7 heteroatoms. The van der Waals surface area contributed by atoms with E-state index in [0.29, 0.717) is 26.9 Å². The summed E-state index contributed by atoms with van der Waals surface area (Å²) >= 11 is 6.17. The van der Waals surface area contributed by atoms with Crippen LogP contribution in [0, 0.1) is 0 Å². The lowest BCUT2D eigenvalue weighted by Gasteiger charge is -2.31. The SMILES string of the molecule is CC(=O)OC1(C)C=CC(Cl)=C2C=c3[nH]c(=O)c(=O)[nH]c3=C21. The summed E-state index contributed by atoms with van der Waals surface area (Å²) in [7, 11) is 0. The number of rotatable bonds is 1. The molecule has 0 saturated carbocycles. The second-order valence-electron chi connectivity index (χ2n) is 5.01. The molecule has 0 amide bonds. The number of hydrogen-bond donors (Lipinski definition) is 2. The van der Waals surface area contributed by atoms with Crippen LogP contribution in [0.15, 0.2) is 32.3 Å². The number of hydrogen-bond acceptors (Lipinski definition) is 4. The van der Waals surface area contributed by atoms with E-state index in [1.807, 2.05) is 0 Å². The molecule has 21 heavy (non-hydrogen) atoms. The van der Waals surface area contributed by atoms with Gasteiger partial charge in [-0.3, -0.25) is 14.4 Å². The van der Waals surface area contributed by atoms with Crippen molar-refractivity contribution in [2.75, 3.05) is 0 Å². The molecule has 1 aromatic heterocycles. The van der Waals surface area contributed by atoms with Gasteiger partial charge < -0.3 is 14.7 Å². The van der Waals surface area contributed by atoms with Gasteiger partial charge in [-0.05, 0) is 25.2 Å². The van der Waals surface area contributed by atoms with E-state index in [4.69, 9.17) is 16.3 Å². The van der Waals surface area contributed by atoms with Crippen molar-refractivity contribution in [2.45, 2.75) is 19.4 Å². The third-order valence-corrected chi connectivity index (χ3v) is 3.76. The van der Waals surface area contributed by atoms with Crippen LogP contribution in [0.25, 0.3) is 11.6 Å². The zero-order valence-electron chi connectivity index (χ0n) is 11.2. The van der Waals surface area contributed by atoms with Crippen molar-refractivity contribution in [2.24, 2.45) is 0 Å². The van der Waals surface area contributed by atoms with Crippen molar-refractivity contribution in [3.8, 4) is 0 Å². The van der Waals surface area contributed by atoms with E-state index in [1.54, 1.807) is 25.2 Å². The summed E-state index contributed by atoms with van der Waals surface area (Å²) in [5.74, 6) is -0.466. The van der Waals surface area contributed by atoms with E-state index < -0.39 is 22.7 Å². The monoisotopic (exact) mass is 306 g/mol. The van der Waals surface area contributed by atoms with E-state index in [1.165, 1.54) is 6.92 Å². The Morgan fingerprint density at radius 2 is 1.95 bits per heavy atom. The number of carbonyl (C=O) groups is 1. The molecular weight excluding hydrogens is 296 g/mol. The van der Waals surface area contributed by atoms with Crippen molar-refractivity contribution in [1.29, 1.82) is 0 Å². The molecule has 3 rings (SSSR count). The fourth-order valence-corrected chi connectivity index (χ4v) is 2.84. The Bertz CT molecular complexity index is 964. The molecule has 1 aromatic rings. The van der Waals surface area contributed by atoms with E-state index >= 15 is 0 Å². The lowest BCUT2D eigenvalue weighted by Crippen LogP contribution is -2.48. The molecule has 1 heterocycles. The first-order chi connectivity index (χ1) is 9.82. The highest BCUT2D eigenvalue weighted by atomic mass is 35.5. The molecule has 6 nitrogen and oxygen atoms in total. The average Bonchev–Trinajstić information content (AvgIpc) is 2.74. The minimum atomic E-state index is -1.07. The summed E-state index contributed by atoms with van der Waals surface area (Å²) in [5, 5.41) is 1.28. The van der Waals surface area contributed by atoms with Crippen LogP contribution in [0.3, 0.4) is 0 Å². The van der Waals surface area contributed by atoms with Gasteiger partial charge in [0.05, 0.1) is 10.7 Å². The second-order valence-corrected chi connectivity index (χ2v) is 5.42. The number of aromatic nitrogens is 2. The van der Waals surface area contributed by atoms with Gasteiger partial charge in [0.1, 0.15) is 0 Å². The first-order valence-electron chi connectivity index (χ1n) is 6.20. The summed E-state index contributed by atoms with van der Waals surface area (Å²) < 4.78 is 5.38. The van der Waals surface area contributed by atoms with Crippen LogP contribution in [0.1, 0.15) is 13.8 Å². The van der Waals surface area contributed by atoms with E-state index in [0.717, 1.165) is 0 Å². The van der Waals surface area contributed by atoms with Crippen molar-refractivity contribution in [1.82, 2.24) is 9.97 Å². The van der Waals surface area contributed by atoms with E-state index in [9.17, 15) is 14.4 Å². The van der Waals surface area contributed by atoms with Crippen LogP contribution in [0.5, 0.6) is 0 Å². The number of esters is 1.